The van der Waals surface area contributed by atoms with Crippen LogP contribution in [0.3, 0.4) is 0 Å². The van der Waals surface area contributed by atoms with Crippen molar-refractivity contribution in [3.05, 3.63) is 41.0 Å². The van der Waals surface area contributed by atoms with Crippen LogP contribution in [-0.4, -0.2) is 50.8 Å². The fourth-order valence-corrected chi connectivity index (χ4v) is 3.75. The highest BCUT2D eigenvalue weighted by atomic mass is 32.1. The van der Waals surface area contributed by atoms with Gasteiger partial charge in [-0.25, -0.2) is 9.78 Å². The third-order valence-corrected chi connectivity index (χ3v) is 5.23. The molecule has 3 rings (SSSR count). The topological polar surface area (TPSA) is 103 Å². The molecule has 132 valence electrons. The van der Waals surface area contributed by atoms with Crippen LogP contribution >= 0.6 is 11.3 Å². The van der Waals surface area contributed by atoms with Gasteiger partial charge < -0.3 is 15.5 Å². The molecule has 0 bridgehead atoms. The zero-order valence-corrected chi connectivity index (χ0v) is 14.5. The van der Waals surface area contributed by atoms with Gasteiger partial charge in [-0.05, 0) is 18.1 Å². The number of thiazole rings is 1. The zero-order valence-electron chi connectivity index (χ0n) is 13.7. The van der Waals surface area contributed by atoms with Gasteiger partial charge in [0, 0.05) is 13.0 Å². The Morgan fingerprint density at radius 1 is 1.36 bits per heavy atom. The normalized spacial score (nSPS) is 19.8. The highest BCUT2D eigenvalue weighted by Crippen LogP contribution is 2.27. The summed E-state index contributed by atoms with van der Waals surface area (Å²) in [7, 11) is 0. The number of aromatic nitrogens is 1. The fraction of sp³-hybridized carbons (Fsp3) is 0.353. The van der Waals surface area contributed by atoms with Crippen LogP contribution in [0.4, 0.5) is 4.79 Å². The van der Waals surface area contributed by atoms with E-state index in [1.165, 1.54) is 0 Å². The molecule has 0 aliphatic carbocycles. The van der Waals surface area contributed by atoms with Crippen molar-refractivity contribution in [1.29, 1.82) is 0 Å². The number of rotatable bonds is 4. The van der Waals surface area contributed by atoms with Crippen molar-refractivity contribution in [3.8, 4) is 10.4 Å². The number of nitrogens with zero attached hydrogens (tertiary/aromatic N) is 2. The molecule has 0 radical (unpaired) electrons. The van der Waals surface area contributed by atoms with Crippen molar-refractivity contribution in [2.45, 2.75) is 32.0 Å². The summed E-state index contributed by atoms with van der Waals surface area (Å²) >= 11 is 1.58. The molecule has 2 amide bonds. The van der Waals surface area contributed by atoms with E-state index in [1.54, 1.807) is 11.3 Å². The lowest BCUT2D eigenvalue weighted by Crippen LogP contribution is -2.45. The van der Waals surface area contributed by atoms with Gasteiger partial charge in [0.2, 0.25) is 5.91 Å². The first-order valence-electron chi connectivity index (χ1n) is 7.90. The second kappa shape index (κ2) is 7.20. The highest BCUT2D eigenvalue weighted by Gasteiger charge is 2.38. The van der Waals surface area contributed by atoms with Crippen molar-refractivity contribution in [3.63, 3.8) is 0 Å². The Hall–Kier alpha value is -2.45. The van der Waals surface area contributed by atoms with E-state index >= 15 is 0 Å². The summed E-state index contributed by atoms with van der Waals surface area (Å²) in [5.41, 5.74) is 4.79. The van der Waals surface area contributed by atoms with Crippen molar-refractivity contribution in [2.24, 2.45) is 0 Å². The number of benzene rings is 1. The van der Waals surface area contributed by atoms with Crippen LogP contribution in [0.2, 0.25) is 0 Å². The van der Waals surface area contributed by atoms with Gasteiger partial charge in [0.15, 0.2) is 0 Å². The van der Waals surface area contributed by atoms with Crippen molar-refractivity contribution in [1.82, 2.24) is 15.2 Å². The number of aryl methyl sites for hydroxylation is 1. The third kappa shape index (κ3) is 3.80. The molecule has 8 heteroatoms. The van der Waals surface area contributed by atoms with Gasteiger partial charge in [0.05, 0.1) is 28.7 Å². The molecular formula is C17H19N3O4S. The van der Waals surface area contributed by atoms with E-state index in [0.29, 0.717) is 6.54 Å². The molecule has 2 aromatic rings. The maximum absolute atomic E-state index is 12.2. The number of aliphatic hydroxyl groups is 1. The lowest BCUT2D eigenvalue weighted by molar-refractivity contribution is -0.125. The number of carboxylic acid groups (broad SMARTS) is 1. The molecular weight excluding hydrogens is 342 g/mol. The number of likely N-dealkylation sites (tertiary alicyclic amines) is 1. The Labute approximate surface area is 148 Å². The fourth-order valence-electron chi connectivity index (χ4n) is 2.93. The molecule has 0 unspecified atom stereocenters. The van der Waals surface area contributed by atoms with Crippen LogP contribution in [0.15, 0.2) is 29.8 Å². The number of aliphatic hydroxyl groups excluding tert-OH is 1. The van der Waals surface area contributed by atoms with Crippen LogP contribution in [0.1, 0.15) is 17.7 Å². The van der Waals surface area contributed by atoms with Crippen molar-refractivity contribution < 1.29 is 19.8 Å². The number of hydrogen-bond donors (Lipinski definition) is 3. The SMILES string of the molecule is Cc1ncsc1-c1ccc(CNC(=O)[C@@H]2C[C@H](O)CN2C(=O)O)cc1. The number of hydrogen-bond acceptors (Lipinski definition) is 5. The molecule has 0 spiro atoms. The minimum absolute atomic E-state index is 0.0314. The molecule has 7 nitrogen and oxygen atoms in total. The summed E-state index contributed by atoms with van der Waals surface area (Å²) in [5.74, 6) is -0.388. The number of carbonyl (C=O) groups is 2. The Balaban J connectivity index is 1.61. The maximum Gasteiger partial charge on any atom is 0.408 e. The minimum Gasteiger partial charge on any atom is -0.465 e. The largest absolute Gasteiger partial charge is 0.465 e. The Morgan fingerprint density at radius 2 is 2.08 bits per heavy atom. The van der Waals surface area contributed by atoms with Crippen LogP contribution in [-0.2, 0) is 11.3 Å². The summed E-state index contributed by atoms with van der Waals surface area (Å²) < 4.78 is 0. The quantitative estimate of drug-likeness (QED) is 0.771. The number of amides is 2. The van der Waals surface area contributed by atoms with E-state index in [0.717, 1.165) is 26.6 Å². The summed E-state index contributed by atoms with van der Waals surface area (Å²) in [6, 6.07) is 6.96. The number of β-amino-alcohol motifs (C(OH)–C–C–N with tert-alkyl or cyclic N) is 1. The van der Waals surface area contributed by atoms with E-state index in [4.69, 9.17) is 5.11 Å². The first-order chi connectivity index (χ1) is 12.0. The molecule has 1 aromatic carbocycles. The van der Waals surface area contributed by atoms with Crippen LogP contribution in [0, 0.1) is 6.92 Å². The average Bonchev–Trinajstić information content (AvgIpc) is 3.19. The molecule has 3 N–H and O–H groups in total. The molecule has 1 saturated heterocycles. The van der Waals surface area contributed by atoms with E-state index < -0.39 is 18.2 Å². The summed E-state index contributed by atoms with van der Waals surface area (Å²) in [6.45, 7) is 2.24. The standard InChI is InChI=1S/C17H19N3O4S/c1-10-15(25-9-19-10)12-4-2-11(3-5-12)7-18-16(22)14-6-13(21)8-20(14)17(23)24/h2-5,9,13-14,21H,6-8H2,1H3,(H,18,22)(H,23,24)/t13-,14-/m0/s1. The maximum atomic E-state index is 12.2. The van der Waals surface area contributed by atoms with E-state index in [1.807, 2.05) is 36.7 Å². The predicted molar refractivity (Wildman–Crippen MR) is 93.3 cm³/mol. The number of nitrogens with one attached hydrogen (secondary N) is 1. The van der Waals surface area contributed by atoms with Gasteiger partial charge in [0.25, 0.3) is 0 Å². The van der Waals surface area contributed by atoms with E-state index in [9.17, 15) is 14.7 Å². The Bertz CT molecular complexity index is 774. The van der Waals surface area contributed by atoms with Crippen molar-refractivity contribution >= 4 is 23.3 Å². The number of carbonyl (C=O) groups excluding carboxylic acids is 1. The van der Waals surface area contributed by atoms with E-state index in [2.05, 4.69) is 10.3 Å². The lowest BCUT2D eigenvalue weighted by atomic mass is 10.1. The molecule has 0 saturated carbocycles. The van der Waals surface area contributed by atoms with Crippen LogP contribution < -0.4 is 5.32 Å². The second-order valence-electron chi connectivity index (χ2n) is 6.02. The Morgan fingerprint density at radius 3 is 2.68 bits per heavy atom. The molecule has 25 heavy (non-hydrogen) atoms. The van der Waals surface area contributed by atoms with Gasteiger partial charge in [-0.2, -0.15) is 0 Å². The third-order valence-electron chi connectivity index (χ3n) is 4.26. The zero-order chi connectivity index (χ0) is 18.0. The minimum atomic E-state index is -1.19. The second-order valence-corrected chi connectivity index (χ2v) is 6.88. The summed E-state index contributed by atoms with van der Waals surface area (Å²) in [6.07, 6.45) is -1.86. The average molecular weight is 361 g/mol. The molecule has 1 aromatic heterocycles. The smallest absolute Gasteiger partial charge is 0.408 e. The van der Waals surface area contributed by atoms with E-state index in [-0.39, 0.29) is 18.9 Å². The van der Waals surface area contributed by atoms with Crippen LogP contribution in [0.25, 0.3) is 10.4 Å². The molecule has 1 fully saturated rings. The molecule has 2 atom stereocenters. The van der Waals surface area contributed by atoms with Crippen molar-refractivity contribution in [2.75, 3.05) is 6.54 Å². The van der Waals surface area contributed by atoms with Gasteiger partial charge in [0.1, 0.15) is 6.04 Å². The lowest BCUT2D eigenvalue weighted by Gasteiger charge is -2.20. The molecule has 1 aliphatic rings. The predicted octanol–water partition coefficient (Wildman–Crippen LogP) is 1.85. The first kappa shape index (κ1) is 17.4. The Kier molecular flexibility index (Phi) is 5.00. The first-order valence-corrected chi connectivity index (χ1v) is 8.78. The summed E-state index contributed by atoms with van der Waals surface area (Å²) in [5, 5.41) is 21.5. The molecule has 2 heterocycles. The van der Waals surface area contributed by atoms with Gasteiger partial charge in [-0.1, -0.05) is 24.3 Å². The molecule has 1 aliphatic heterocycles. The van der Waals surface area contributed by atoms with Gasteiger partial charge in [-0.3, -0.25) is 9.69 Å². The summed E-state index contributed by atoms with van der Waals surface area (Å²) in [4.78, 5) is 29.7. The monoisotopic (exact) mass is 361 g/mol. The van der Waals surface area contributed by atoms with Gasteiger partial charge in [-0.15, -0.1) is 11.3 Å². The van der Waals surface area contributed by atoms with Crippen LogP contribution in [0.5, 0.6) is 0 Å². The van der Waals surface area contributed by atoms with Gasteiger partial charge >= 0.3 is 6.09 Å². The highest BCUT2D eigenvalue weighted by molar-refractivity contribution is 7.13.